The number of rotatable bonds is 3. The lowest BCUT2D eigenvalue weighted by atomic mass is 10.1. The van der Waals surface area contributed by atoms with E-state index in [9.17, 15) is 4.79 Å². The minimum absolute atomic E-state index is 0.150. The molecule has 1 aromatic heterocycles. The summed E-state index contributed by atoms with van der Waals surface area (Å²) in [7, 11) is 0. The smallest absolute Gasteiger partial charge is 0.252 e. The van der Waals surface area contributed by atoms with Gasteiger partial charge in [0, 0.05) is 11.5 Å². The Morgan fingerprint density at radius 2 is 1.80 bits per heavy atom. The molecule has 1 heterocycles. The zero-order chi connectivity index (χ0) is 13.9. The van der Waals surface area contributed by atoms with Crippen LogP contribution in [0.15, 0.2) is 59.4 Å². The lowest BCUT2D eigenvalue weighted by molar-refractivity contribution is 0.309. The number of benzene rings is 2. The third kappa shape index (κ3) is 2.57. The molecule has 0 aliphatic carbocycles. The summed E-state index contributed by atoms with van der Waals surface area (Å²) in [4.78, 5) is 14.4. The molecule has 0 saturated heterocycles. The van der Waals surface area contributed by atoms with Crippen molar-refractivity contribution in [2.75, 3.05) is 0 Å². The lowest BCUT2D eigenvalue weighted by Crippen LogP contribution is -2.06. The maximum atomic E-state index is 11.6. The number of nitrogens with one attached hydrogen (secondary N) is 1. The van der Waals surface area contributed by atoms with Crippen LogP contribution in [0, 0.1) is 6.92 Å². The van der Waals surface area contributed by atoms with Gasteiger partial charge in [-0.25, -0.2) is 0 Å². The topological polar surface area (TPSA) is 42.1 Å². The van der Waals surface area contributed by atoms with E-state index in [2.05, 4.69) is 24.0 Å². The first-order valence-electron chi connectivity index (χ1n) is 6.53. The number of ether oxygens (including phenoxy) is 1. The molecule has 0 spiro atoms. The SMILES string of the molecule is Cc1ccc(COc2cc(=O)[nH]c3ccccc23)cc1. The van der Waals surface area contributed by atoms with Gasteiger partial charge in [0.25, 0.3) is 5.56 Å². The molecule has 3 heteroatoms. The van der Waals surface area contributed by atoms with Crippen molar-refractivity contribution in [1.82, 2.24) is 4.98 Å². The van der Waals surface area contributed by atoms with E-state index < -0.39 is 0 Å². The Morgan fingerprint density at radius 3 is 2.60 bits per heavy atom. The highest BCUT2D eigenvalue weighted by Crippen LogP contribution is 2.22. The van der Waals surface area contributed by atoms with E-state index in [1.165, 1.54) is 11.6 Å². The van der Waals surface area contributed by atoms with Crippen molar-refractivity contribution in [3.05, 3.63) is 76.1 Å². The Morgan fingerprint density at radius 1 is 1.05 bits per heavy atom. The van der Waals surface area contributed by atoms with Crippen molar-refractivity contribution in [3.63, 3.8) is 0 Å². The van der Waals surface area contributed by atoms with E-state index in [1.807, 2.05) is 36.4 Å². The maximum absolute atomic E-state index is 11.6. The summed E-state index contributed by atoms with van der Waals surface area (Å²) in [6.45, 7) is 2.50. The summed E-state index contributed by atoms with van der Waals surface area (Å²) in [6.07, 6.45) is 0. The number of hydrogen-bond acceptors (Lipinski definition) is 2. The van der Waals surface area contributed by atoms with Gasteiger partial charge in [-0.05, 0) is 24.6 Å². The van der Waals surface area contributed by atoms with E-state index in [0.29, 0.717) is 12.4 Å². The normalized spacial score (nSPS) is 10.7. The Labute approximate surface area is 116 Å². The first-order valence-corrected chi connectivity index (χ1v) is 6.53. The fourth-order valence-electron chi connectivity index (χ4n) is 2.14. The van der Waals surface area contributed by atoms with Gasteiger partial charge in [-0.1, -0.05) is 42.0 Å². The number of H-pyrrole nitrogens is 1. The number of aromatic nitrogens is 1. The van der Waals surface area contributed by atoms with Crippen molar-refractivity contribution in [2.24, 2.45) is 0 Å². The standard InChI is InChI=1S/C17H15NO2/c1-12-6-8-13(9-7-12)11-20-16-10-17(19)18-15-5-3-2-4-14(15)16/h2-10H,11H2,1H3,(H,18,19). The van der Waals surface area contributed by atoms with Crippen LogP contribution in [0.25, 0.3) is 10.9 Å². The van der Waals surface area contributed by atoms with Crippen LogP contribution in [0.5, 0.6) is 5.75 Å². The lowest BCUT2D eigenvalue weighted by Gasteiger charge is -2.09. The Hall–Kier alpha value is -2.55. The van der Waals surface area contributed by atoms with Gasteiger partial charge < -0.3 is 9.72 Å². The number of hydrogen-bond donors (Lipinski definition) is 1. The van der Waals surface area contributed by atoms with Crippen LogP contribution < -0.4 is 10.3 Å². The maximum Gasteiger partial charge on any atom is 0.252 e. The molecule has 0 aliphatic rings. The van der Waals surface area contributed by atoms with Gasteiger partial charge in [0.05, 0.1) is 5.52 Å². The molecule has 0 fully saturated rings. The average Bonchev–Trinajstić information content (AvgIpc) is 2.46. The van der Waals surface area contributed by atoms with Crippen LogP contribution >= 0.6 is 0 Å². The molecule has 0 amide bonds. The first-order chi connectivity index (χ1) is 9.72. The van der Waals surface area contributed by atoms with Gasteiger partial charge in [0.15, 0.2) is 0 Å². The van der Waals surface area contributed by atoms with Gasteiger partial charge in [-0.15, -0.1) is 0 Å². The molecule has 0 atom stereocenters. The second-order valence-electron chi connectivity index (χ2n) is 4.82. The Bertz CT molecular complexity index is 788. The quantitative estimate of drug-likeness (QED) is 0.788. The van der Waals surface area contributed by atoms with Crippen molar-refractivity contribution in [1.29, 1.82) is 0 Å². The zero-order valence-corrected chi connectivity index (χ0v) is 11.2. The molecule has 0 saturated carbocycles. The van der Waals surface area contributed by atoms with Gasteiger partial charge in [-0.2, -0.15) is 0 Å². The highest BCUT2D eigenvalue weighted by atomic mass is 16.5. The van der Waals surface area contributed by atoms with Crippen LogP contribution in [0.1, 0.15) is 11.1 Å². The number of aromatic amines is 1. The minimum atomic E-state index is -0.150. The number of para-hydroxylation sites is 1. The van der Waals surface area contributed by atoms with Crippen LogP contribution in [0.2, 0.25) is 0 Å². The second-order valence-corrected chi connectivity index (χ2v) is 4.82. The van der Waals surface area contributed by atoms with Crippen molar-refractivity contribution in [2.45, 2.75) is 13.5 Å². The predicted molar refractivity (Wildman–Crippen MR) is 80.1 cm³/mol. The number of aryl methyl sites for hydroxylation is 1. The summed E-state index contributed by atoms with van der Waals surface area (Å²) in [5.74, 6) is 0.616. The van der Waals surface area contributed by atoms with Crippen LogP contribution in [0.4, 0.5) is 0 Å². The molecule has 0 bridgehead atoms. The Balaban J connectivity index is 1.90. The van der Waals surface area contributed by atoms with Gasteiger partial charge in [-0.3, -0.25) is 4.79 Å². The predicted octanol–water partition coefficient (Wildman–Crippen LogP) is 3.42. The molecule has 2 aromatic carbocycles. The summed E-state index contributed by atoms with van der Waals surface area (Å²) in [5, 5.41) is 0.916. The molecule has 20 heavy (non-hydrogen) atoms. The van der Waals surface area contributed by atoms with E-state index in [1.54, 1.807) is 0 Å². The third-order valence-electron chi connectivity index (χ3n) is 3.23. The minimum Gasteiger partial charge on any atom is -0.488 e. The van der Waals surface area contributed by atoms with Crippen LogP contribution in [-0.4, -0.2) is 4.98 Å². The van der Waals surface area contributed by atoms with Gasteiger partial charge in [0.2, 0.25) is 0 Å². The fourth-order valence-corrected chi connectivity index (χ4v) is 2.14. The number of pyridine rings is 1. The largest absolute Gasteiger partial charge is 0.488 e. The van der Waals surface area contributed by atoms with Gasteiger partial charge in [0.1, 0.15) is 12.4 Å². The van der Waals surface area contributed by atoms with E-state index in [-0.39, 0.29) is 5.56 Å². The molecule has 3 rings (SSSR count). The van der Waals surface area contributed by atoms with Crippen LogP contribution in [-0.2, 0) is 6.61 Å². The monoisotopic (exact) mass is 265 g/mol. The molecule has 1 N–H and O–H groups in total. The molecule has 0 unspecified atom stereocenters. The van der Waals surface area contributed by atoms with Crippen LogP contribution in [0.3, 0.4) is 0 Å². The molecule has 0 radical (unpaired) electrons. The van der Waals surface area contributed by atoms with E-state index >= 15 is 0 Å². The molecule has 0 aliphatic heterocycles. The summed E-state index contributed by atoms with van der Waals surface area (Å²) < 4.78 is 5.81. The first kappa shape index (κ1) is 12.5. The van der Waals surface area contributed by atoms with Crippen molar-refractivity contribution >= 4 is 10.9 Å². The molecule has 100 valence electrons. The fraction of sp³-hybridized carbons (Fsp3) is 0.118. The summed E-state index contributed by atoms with van der Waals surface area (Å²) in [6, 6.07) is 17.3. The molecular weight excluding hydrogens is 250 g/mol. The average molecular weight is 265 g/mol. The second kappa shape index (κ2) is 5.21. The van der Waals surface area contributed by atoms with E-state index in [0.717, 1.165) is 16.5 Å². The van der Waals surface area contributed by atoms with Crippen molar-refractivity contribution < 1.29 is 4.74 Å². The molecule has 3 aromatic rings. The summed E-state index contributed by atoms with van der Waals surface area (Å²) >= 11 is 0. The molecule has 3 nitrogen and oxygen atoms in total. The number of fused-ring (bicyclic) bond motifs is 1. The summed E-state index contributed by atoms with van der Waals surface area (Å²) in [5.41, 5.74) is 2.94. The zero-order valence-electron chi connectivity index (χ0n) is 11.2. The highest BCUT2D eigenvalue weighted by Gasteiger charge is 2.04. The molecular formula is C17H15NO2. The Kier molecular flexibility index (Phi) is 3.25. The third-order valence-corrected chi connectivity index (χ3v) is 3.23. The highest BCUT2D eigenvalue weighted by molar-refractivity contribution is 5.84. The van der Waals surface area contributed by atoms with Crippen molar-refractivity contribution in [3.8, 4) is 5.75 Å². The van der Waals surface area contributed by atoms with E-state index in [4.69, 9.17) is 4.74 Å². The van der Waals surface area contributed by atoms with Gasteiger partial charge >= 0.3 is 0 Å².